The van der Waals surface area contributed by atoms with E-state index in [2.05, 4.69) is 5.32 Å². The minimum Gasteiger partial charge on any atom is -0.480 e. The Hall–Kier alpha value is -2.34. The van der Waals surface area contributed by atoms with Crippen LogP contribution in [0.25, 0.3) is 11.0 Å². The van der Waals surface area contributed by atoms with Crippen molar-refractivity contribution >= 4 is 16.9 Å². The number of carbonyl (C=O) groups is 1. The van der Waals surface area contributed by atoms with Crippen LogP contribution in [0.4, 0.5) is 0 Å². The number of rotatable bonds is 5. The maximum Gasteiger partial charge on any atom is 0.336 e. The number of benzene rings is 1. The van der Waals surface area contributed by atoms with E-state index in [1.165, 1.54) is 6.07 Å². The summed E-state index contributed by atoms with van der Waals surface area (Å²) in [7, 11) is 0. The Morgan fingerprint density at radius 2 is 2.00 bits per heavy atom. The highest BCUT2D eigenvalue weighted by Crippen LogP contribution is 2.31. The van der Waals surface area contributed by atoms with Gasteiger partial charge < -0.3 is 19.6 Å². The minimum atomic E-state index is -0.682. The highest BCUT2D eigenvalue weighted by atomic mass is 16.5. The lowest BCUT2D eigenvalue weighted by Gasteiger charge is -2.27. The number of nitrogens with one attached hydrogen (secondary N) is 1. The van der Waals surface area contributed by atoms with Crippen molar-refractivity contribution in [3.05, 3.63) is 39.7 Å². The topological polar surface area (TPSA) is 88.8 Å². The van der Waals surface area contributed by atoms with Crippen molar-refractivity contribution in [2.75, 3.05) is 0 Å². The Morgan fingerprint density at radius 1 is 1.30 bits per heavy atom. The fourth-order valence-corrected chi connectivity index (χ4v) is 3.62. The van der Waals surface area contributed by atoms with Crippen molar-refractivity contribution in [2.45, 2.75) is 71.1 Å². The van der Waals surface area contributed by atoms with Gasteiger partial charge in [-0.2, -0.15) is 0 Å². The van der Waals surface area contributed by atoms with Gasteiger partial charge >= 0.3 is 5.63 Å². The molecule has 1 aromatic carbocycles. The highest BCUT2D eigenvalue weighted by molar-refractivity contribution is 5.88. The predicted molar refractivity (Wildman–Crippen MR) is 103 cm³/mol. The zero-order valence-electron chi connectivity index (χ0n) is 16.1. The average Bonchev–Trinajstić information content (AvgIpc) is 2.62. The molecular formula is C21H27NO5. The molecule has 3 rings (SSSR count). The van der Waals surface area contributed by atoms with E-state index in [9.17, 15) is 14.7 Å². The molecule has 1 aliphatic carbocycles. The number of aliphatic hydroxyl groups excluding tert-OH is 1. The van der Waals surface area contributed by atoms with E-state index in [1.54, 1.807) is 13.0 Å². The van der Waals surface area contributed by atoms with Gasteiger partial charge in [-0.1, -0.05) is 6.92 Å². The van der Waals surface area contributed by atoms with Gasteiger partial charge in [-0.25, -0.2) is 4.79 Å². The van der Waals surface area contributed by atoms with E-state index in [-0.39, 0.29) is 23.7 Å². The zero-order chi connectivity index (χ0) is 19.6. The number of fused-ring (bicyclic) bond motifs is 1. The molecule has 0 radical (unpaired) electrons. The molecule has 6 nitrogen and oxygen atoms in total. The average molecular weight is 373 g/mol. The number of hydrogen-bond acceptors (Lipinski definition) is 5. The largest absolute Gasteiger partial charge is 0.480 e. The molecular weight excluding hydrogens is 346 g/mol. The van der Waals surface area contributed by atoms with Gasteiger partial charge in [0.15, 0.2) is 6.10 Å². The molecule has 0 saturated heterocycles. The summed E-state index contributed by atoms with van der Waals surface area (Å²) in [6.07, 6.45) is 2.69. The summed E-state index contributed by atoms with van der Waals surface area (Å²) in [5, 5.41) is 13.3. The first-order valence-corrected chi connectivity index (χ1v) is 9.59. The first-order valence-electron chi connectivity index (χ1n) is 9.59. The third-order valence-electron chi connectivity index (χ3n) is 5.13. The number of aliphatic hydroxyl groups is 1. The Balaban J connectivity index is 1.81. The van der Waals surface area contributed by atoms with Crippen LogP contribution in [0.1, 0.15) is 50.7 Å². The third-order valence-corrected chi connectivity index (χ3v) is 5.13. The van der Waals surface area contributed by atoms with Crippen LogP contribution >= 0.6 is 0 Å². The van der Waals surface area contributed by atoms with E-state index < -0.39 is 6.10 Å². The van der Waals surface area contributed by atoms with Gasteiger partial charge in [0.05, 0.1) is 11.5 Å². The Morgan fingerprint density at radius 3 is 2.67 bits per heavy atom. The second kappa shape index (κ2) is 8.13. The van der Waals surface area contributed by atoms with Gasteiger partial charge in [-0.3, -0.25) is 4.79 Å². The van der Waals surface area contributed by atoms with Crippen molar-refractivity contribution < 1.29 is 19.1 Å². The lowest BCUT2D eigenvalue weighted by Crippen LogP contribution is -2.44. The van der Waals surface area contributed by atoms with Gasteiger partial charge in [-0.15, -0.1) is 0 Å². The lowest BCUT2D eigenvalue weighted by atomic mass is 9.93. The monoisotopic (exact) mass is 373 g/mol. The molecule has 1 saturated carbocycles. The lowest BCUT2D eigenvalue weighted by molar-refractivity contribution is -0.128. The molecule has 1 heterocycles. The smallest absolute Gasteiger partial charge is 0.336 e. The maximum atomic E-state index is 12.6. The number of hydrogen-bond donors (Lipinski definition) is 2. The molecule has 1 unspecified atom stereocenters. The summed E-state index contributed by atoms with van der Waals surface area (Å²) in [6, 6.07) is 5.22. The van der Waals surface area contributed by atoms with E-state index in [1.807, 2.05) is 19.9 Å². The van der Waals surface area contributed by atoms with E-state index in [0.717, 1.165) is 29.4 Å². The number of amides is 1. The first kappa shape index (κ1) is 19.4. The first-order chi connectivity index (χ1) is 12.9. The third kappa shape index (κ3) is 4.50. The van der Waals surface area contributed by atoms with E-state index in [4.69, 9.17) is 9.15 Å². The molecule has 6 heteroatoms. The second-order valence-electron chi connectivity index (χ2n) is 7.35. The van der Waals surface area contributed by atoms with Crippen LogP contribution in [0, 0.1) is 6.92 Å². The Bertz CT molecular complexity index is 880. The normalized spacial score (nSPS) is 21.0. The van der Waals surface area contributed by atoms with Gasteiger partial charge in [0.25, 0.3) is 5.91 Å². The van der Waals surface area contributed by atoms with Crippen molar-refractivity contribution in [3.63, 3.8) is 0 Å². The number of ether oxygens (including phenoxy) is 1. The number of carbonyl (C=O) groups excluding carboxylic acids is 1. The maximum absolute atomic E-state index is 12.6. The Labute approximate surface area is 158 Å². The number of aryl methyl sites for hydroxylation is 2. The van der Waals surface area contributed by atoms with Crippen LogP contribution in [-0.4, -0.2) is 29.3 Å². The van der Waals surface area contributed by atoms with Gasteiger partial charge in [-0.05, 0) is 69.2 Å². The van der Waals surface area contributed by atoms with Gasteiger partial charge in [0.2, 0.25) is 0 Å². The van der Waals surface area contributed by atoms with Crippen LogP contribution in [0.2, 0.25) is 0 Å². The summed E-state index contributed by atoms with van der Waals surface area (Å²) >= 11 is 0. The Kier molecular flexibility index (Phi) is 5.85. The van der Waals surface area contributed by atoms with E-state index >= 15 is 0 Å². The molecule has 1 atom stereocenters. The molecule has 1 aliphatic rings. The minimum absolute atomic E-state index is 0.0745. The quantitative estimate of drug-likeness (QED) is 0.787. The molecule has 27 heavy (non-hydrogen) atoms. The molecule has 2 aromatic rings. The highest BCUT2D eigenvalue weighted by Gasteiger charge is 2.24. The van der Waals surface area contributed by atoms with Gasteiger partial charge in [0, 0.05) is 12.1 Å². The van der Waals surface area contributed by atoms with Crippen molar-refractivity contribution in [2.24, 2.45) is 0 Å². The molecule has 2 N–H and O–H groups in total. The van der Waals surface area contributed by atoms with Gasteiger partial charge in [0.1, 0.15) is 11.3 Å². The summed E-state index contributed by atoms with van der Waals surface area (Å²) < 4.78 is 11.3. The molecule has 0 bridgehead atoms. The summed E-state index contributed by atoms with van der Waals surface area (Å²) in [5.74, 6) is 0.369. The van der Waals surface area contributed by atoms with Crippen LogP contribution in [0.15, 0.2) is 27.4 Å². The molecule has 1 amide bonds. The predicted octanol–water partition coefficient (Wildman–Crippen LogP) is 2.85. The molecule has 146 valence electrons. The molecule has 1 aromatic heterocycles. The van der Waals surface area contributed by atoms with Crippen molar-refractivity contribution in [1.82, 2.24) is 5.32 Å². The second-order valence-corrected chi connectivity index (χ2v) is 7.35. The van der Waals surface area contributed by atoms with Crippen molar-refractivity contribution in [3.8, 4) is 5.75 Å². The summed E-state index contributed by atoms with van der Waals surface area (Å²) in [4.78, 5) is 24.3. The molecule has 0 aliphatic heterocycles. The van der Waals surface area contributed by atoms with Crippen LogP contribution in [0.5, 0.6) is 5.75 Å². The van der Waals surface area contributed by atoms with Crippen molar-refractivity contribution in [1.29, 1.82) is 0 Å². The summed E-state index contributed by atoms with van der Waals surface area (Å²) in [5.41, 5.74) is 1.82. The molecule has 0 spiro atoms. The van der Waals surface area contributed by atoms with Crippen LogP contribution < -0.4 is 15.7 Å². The fraction of sp³-hybridized carbons (Fsp3) is 0.524. The molecule has 1 fully saturated rings. The fourth-order valence-electron chi connectivity index (χ4n) is 3.62. The van der Waals surface area contributed by atoms with Crippen LogP contribution in [-0.2, 0) is 11.2 Å². The van der Waals surface area contributed by atoms with Crippen LogP contribution in [0.3, 0.4) is 0 Å². The SMILES string of the molecule is CCc1cc(=O)oc2cc(C)cc(OC(C)C(=O)NC3CCC(O)CC3)c12. The zero-order valence-corrected chi connectivity index (χ0v) is 16.1. The standard InChI is InChI=1S/C21H27NO5/c1-4-14-11-19(24)27-18-10-12(2)9-17(20(14)18)26-13(3)21(25)22-15-5-7-16(23)8-6-15/h9-11,13,15-16,23H,4-8H2,1-3H3,(H,22,25). The summed E-state index contributed by atoms with van der Waals surface area (Å²) in [6.45, 7) is 5.57. The van der Waals surface area contributed by atoms with E-state index in [0.29, 0.717) is 30.6 Å².